The van der Waals surface area contributed by atoms with E-state index in [9.17, 15) is 16.8 Å². The Kier molecular flexibility index (Phi) is 11.0. The number of rotatable bonds is 11. The molecule has 0 spiro atoms. The van der Waals surface area contributed by atoms with Crippen LogP contribution in [0.2, 0.25) is 10.0 Å². The number of hydrogen-bond donors (Lipinski definition) is 1. The fraction of sp³-hybridized carbons (Fsp3) is 0.129. The first-order valence-corrected chi connectivity index (χ1v) is 17.7. The zero-order chi connectivity index (χ0) is 32.6. The molecule has 0 aromatic heterocycles. The Morgan fingerprint density at radius 1 is 0.600 bits per heavy atom. The highest BCUT2D eigenvalue weighted by atomic mass is 35.5. The summed E-state index contributed by atoms with van der Waals surface area (Å²) in [5, 5.41) is 14.7. The Morgan fingerprint density at radius 2 is 0.956 bits per heavy atom. The topological polar surface area (TPSA) is 136 Å². The molecule has 4 rings (SSSR count). The lowest BCUT2D eigenvalue weighted by atomic mass is 10.0. The summed E-state index contributed by atoms with van der Waals surface area (Å²) in [4.78, 5) is 0. The summed E-state index contributed by atoms with van der Waals surface area (Å²) in [6, 6.07) is 27.0. The van der Waals surface area contributed by atoms with Crippen molar-refractivity contribution in [3.8, 4) is 11.5 Å². The minimum absolute atomic E-state index is 0.163. The van der Waals surface area contributed by atoms with Gasteiger partial charge in [0.15, 0.2) is 0 Å². The smallest absolute Gasteiger partial charge is 0.306 e. The van der Waals surface area contributed by atoms with Crippen LogP contribution in [0.3, 0.4) is 0 Å². The van der Waals surface area contributed by atoms with E-state index in [0.717, 1.165) is 23.6 Å². The average molecular weight is 688 g/mol. The maximum absolute atomic E-state index is 11.5. The molecule has 45 heavy (non-hydrogen) atoms. The second-order valence-electron chi connectivity index (χ2n) is 9.56. The van der Waals surface area contributed by atoms with Crippen molar-refractivity contribution in [2.75, 3.05) is 12.5 Å². The number of hydrogen-bond acceptors (Lipinski definition) is 9. The summed E-state index contributed by atoms with van der Waals surface area (Å²) >= 11 is 12.2. The van der Waals surface area contributed by atoms with Crippen LogP contribution < -0.4 is 13.8 Å². The van der Waals surface area contributed by atoms with Crippen LogP contribution in [0.15, 0.2) is 112 Å². The van der Waals surface area contributed by atoms with Gasteiger partial charge in [-0.2, -0.15) is 21.9 Å². The predicted molar refractivity (Wildman–Crippen MR) is 179 cm³/mol. The van der Waals surface area contributed by atoms with Gasteiger partial charge in [-0.3, -0.25) is 5.43 Å². The van der Waals surface area contributed by atoms with Crippen LogP contribution in [-0.2, 0) is 20.2 Å². The van der Waals surface area contributed by atoms with Crippen LogP contribution in [0, 0.1) is 0 Å². The van der Waals surface area contributed by atoms with E-state index in [4.69, 9.17) is 31.6 Å². The number of nitrogens with one attached hydrogen (secondary N) is 1. The highest BCUT2D eigenvalue weighted by molar-refractivity contribution is 7.86. The molecule has 0 aliphatic heterocycles. The molecule has 0 aliphatic rings. The van der Waals surface area contributed by atoms with Crippen molar-refractivity contribution in [3.63, 3.8) is 0 Å². The molecule has 0 aliphatic carbocycles. The third-order valence-electron chi connectivity index (χ3n) is 5.89. The zero-order valence-corrected chi connectivity index (χ0v) is 27.5. The lowest BCUT2D eigenvalue weighted by Gasteiger charge is -2.11. The fourth-order valence-corrected chi connectivity index (χ4v) is 5.06. The van der Waals surface area contributed by atoms with Gasteiger partial charge >= 0.3 is 20.2 Å². The van der Waals surface area contributed by atoms with Crippen LogP contribution in [0.1, 0.15) is 35.6 Å². The quantitative estimate of drug-likeness (QED) is 0.0850. The van der Waals surface area contributed by atoms with E-state index in [1.807, 2.05) is 6.92 Å². The van der Waals surface area contributed by atoms with Crippen molar-refractivity contribution in [1.29, 1.82) is 0 Å². The first-order chi connectivity index (χ1) is 21.3. The van der Waals surface area contributed by atoms with Crippen LogP contribution in [-0.4, -0.2) is 46.6 Å². The van der Waals surface area contributed by atoms with Crippen molar-refractivity contribution < 1.29 is 25.2 Å². The van der Waals surface area contributed by atoms with E-state index in [-0.39, 0.29) is 11.5 Å². The van der Waals surface area contributed by atoms with Crippen molar-refractivity contribution >= 4 is 60.7 Å². The second kappa shape index (κ2) is 14.7. The van der Waals surface area contributed by atoms with Crippen LogP contribution in [0.25, 0.3) is 0 Å². The molecule has 4 aromatic carbocycles. The molecule has 0 unspecified atom stereocenters. The maximum atomic E-state index is 11.5. The normalized spacial score (nSPS) is 13.0. The maximum Gasteiger partial charge on any atom is 0.306 e. The molecule has 0 fully saturated rings. The molecule has 234 valence electrons. The molecule has 1 N–H and O–H groups in total. The van der Waals surface area contributed by atoms with Crippen molar-refractivity contribution in [2.45, 2.75) is 13.3 Å². The molecule has 0 saturated carbocycles. The highest BCUT2D eigenvalue weighted by Crippen LogP contribution is 2.21. The first-order valence-electron chi connectivity index (χ1n) is 13.3. The molecule has 10 nitrogen and oxygen atoms in total. The van der Waals surface area contributed by atoms with Gasteiger partial charge in [-0.15, -0.1) is 10.2 Å². The van der Waals surface area contributed by atoms with E-state index < -0.39 is 20.2 Å². The van der Waals surface area contributed by atoms with E-state index >= 15 is 0 Å². The van der Waals surface area contributed by atoms with Gasteiger partial charge in [-0.25, -0.2) is 0 Å². The molecule has 0 bridgehead atoms. The van der Waals surface area contributed by atoms with E-state index in [2.05, 4.69) is 20.7 Å². The van der Waals surface area contributed by atoms with Gasteiger partial charge in [0, 0.05) is 38.7 Å². The van der Waals surface area contributed by atoms with Gasteiger partial charge in [-0.1, -0.05) is 54.4 Å². The Morgan fingerprint density at radius 3 is 1.31 bits per heavy atom. The number of amidine groups is 1. The Hall–Kier alpha value is -4.23. The Labute approximate surface area is 272 Å². The molecule has 4 aromatic rings. The average Bonchev–Trinajstić information content (AvgIpc) is 2.98. The van der Waals surface area contributed by atoms with Gasteiger partial charge in [0.2, 0.25) is 0 Å². The number of hydrazone groups is 1. The second-order valence-corrected chi connectivity index (χ2v) is 13.6. The van der Waals surface area contributed by atoms with Gasteiger partial charge in [0.25, 0.3) is 0 Å². The van der Waals surface area contributed by atoms with Gasteiger partial charge in [0.05, 0.1) is 18.2 Å². The SMILES string of the molecule is CCC(=NN=C(c1ccc(Cl)cc1)c1ccc(OS(C)(=O)=O)cc1)NN=C(c1ccc(Cl)cc1)c1ccc(OS(C)(=O)=O)cc1. The standard InChI is InChI=1S/C31H28Cl2N4O6S2/c1-4-29(34-36-30(21-5-13-25(32)14-6-21)23-9-17-27(18-10-23)42-44(2,38)39)35-37-31(22-7-15-26(33)16-8-22)24-11-19-28(20-12-24)43-45(3,40)41/h5-20H,4H2,1-3H3,(H,34,35). The summed E-state index contributed by atoms with van der Waals surface area (Å²) in [7, 11) is -7.36. The van der Waals surface area contributed by atoms with Crippen LogP contribution >= 0.6 is 23.2 Å². The largest absolute Gasteiger partial charge is 0.383 e. The lowest BCUT2D eigenvalue weighted by molar-refractivity contribution is 0.491. The molecular weight excluding hydrogens is 659 g/mol. The summed E-state index contributed by atoms with van der Waals surface area (Å²) in [5.41, 5.74) is 6.80. The minimum atomic E-state index is -3.68. The van der Waals surface area contributed by atoms with E-state index in [1.165, 1.54) is 24.3 Å². The summed E-state index contributed by atoms with van der Waals surface area (Å²) in [5.74, 6) is 0.763. The monoisotopic (exact) mass is 686 g/mol. The minimum Gasteiger partial charge on any atom is -0.383 e. The lowest BCUT2D eigenvalue weighted by Crippen LogP contribution is -2.20. The molecule has 0 heterocycles. The molecule has 14 heteroatoms. The third kappa shape index (κ3) is 10.4. The number of benzene rings is 4. The van der Waals surface area contributed by atoms with Crippen molar-refractivity contribution in [1.82, 2.24) is 5.43 Å². The first kappa shape index (κ1) is 33.7. The summed E-state index contributed by atoms with van der Waals surface area (Å²) in [6.07, 6.45) is 2.39. The predicted octanol–water partition coefficient (Wildman–Crippen LogP) is 6.27. The fourth-order valence-electron chi connectivity index (χ4n) is 3.88. The molecule has 0 radical (unpaired) electrons. The van der Waals surface area contributed by atoms with E-state index in [0.29, 0.717) is 44.9 Å². The Bertz CT molecular complexity index is 1940. The molecule has 0 atom stereocenters. The molecule has 0 saturated heterocycles. The number of halogens is 2. The van der Waals surface area contributed by atoms with Gasteiger partial charge in [0.1, 0.15) is 23.0 Å². The van der Waals surface area contributed by atoms with Crippen LogP contribution in [0.5, 0.6) is 11.5 Å². The third-order valence-corrected chi connectivity index (χ3v) is 7.38. The van der Waals surface area contributed by atoms with Crippen LogP contribution in [0.4, 0.5) is 0 Å². The highest BCUT2D eigenvalue weighted by Gasteiger charge is 2.12. The zero-order valence-electron chi connectivity index (χ0n) is 24.3. The summed E-state index contributed by atoms with van der Waals surface area (Å²) in [6.45, 7) is 1.88. The van der Waals surface area contributed by atoms with Gasteiger partial charge in [-0.05, 0) is 72.8 Å². The molecular formula is C31H28Cl2N4O6S2. The van der Waals surface area contributed by atoms with Gasteiger partial charge < -0.3 is 8.37 Å². The summed E-state index contributed by atoms with van der Waals surface area (Å²) < 4.78 is 56.0. The van der Waals surface area contributed by atoms with Crippen molar-refractivity contribution in [2.24, 2.45) is 15.3 Å². The number of nitrogens with zero attached hydrogens (tertiary/aromatic N) is 3. The van der Waals surface area contributed by atoms with Crippen molar-refractivity contribution in [3.05, 3.63) is 129 Å². The molecule has 0 amide bonds. The Balaban J connectivity index is 1.71. The van der Waals surface area contributed by atoms with E-state index in [1.54, 1.807) is 72.8 Å².